The van der Waals surface area contributed by atoms with E-state index in [0.29, 0.717) is 31.2 Å². The molecule has 55 heavy (non-hydrogen) atoms. The van der Waals surface area contributed by atoms with Crippen LogP contribution in [0.15, 0.2) is 29.4 Å². The van der Waals surface area contributed by atoms with Crippen molar-refractivity contribution in [1.82, 2.24) is 24.7 Å². The summed E-state index contributed by atoms with van der Waals surface area (Å²) >= 11 is 0. The summed E-state index contributed by atoms with van der Waals surface area (Å²) < 4.78 is 0. The highest BCUT2D eigenvalue weighted by Gasteiger charge is 2.64. The van der Waals surface area contributed by atoms with Crippen LogP contribution in [-0.2, 0) is 9.59 Å². The Labute approximate surface area is 335 Å². The third kappa shape index (κ3) is 7.17. The molecule has 0 spiro atoms. The van der Waals surface area contributed by atoms with Crippen LogP contribution in [0, 0.1) is 22.7 Å². The zero-order chi connectivity index (χ0) is 37.1. The maximum absolute atomic E-state index is 14.1. The van der Waals surface area contributed by atoms with Crippen LogP contribution in [0.4, 0.5) is 17.6 Å². The van der Waals surface area contributed by atoms with Crippen molar-refractivity contribution in [3.05, 3.63) is 29.4 Å². The lowest BCUT2D eigenvalue weighted by atomic mass is 9.50. The molecule has 4 saturated heterocycles. The molecule has 5 atom stereocenters. The van der Waals surface area contributed by atoms with E-state index in [-0.39, 0.29) is 29.4 Å². The number of halogens is 1. The first-order valence-electron chi connectivity index (χ1n) is 21.6. The summed E-state index contributed by atoms with van der Waals surface area (Å²) in [5.74, 6) is 4.14. The van der Waals surface area contributed by atoms with E-state index in [1.165, 1.54) is 36.8 Å². The van der Waals surface area contributed by atoms with Crippen molar-refractivity contribution in [3.63, 3.8) is 0 Å². The second kappa shape index (κ2) is 15.6. The topological polar surface area (TPSA) is 99.6 Å². The van der Waals surface area contributed by atoms with Crippen LogP contribution >= 0.6 is 12.4 Å². The summed E-state index contributed by atoms with van der Waals surface area (Å²) in [4.78, 5) is 51.2. The van der Waals surface area contributed by atoms with E-state index >= 15 is 0 Å². The fourth-order valence-corrected chi connectivity index (χ4v) is 12.1. The average Bonchev–Trinajstić information content (AvgIpc) is 3.98. The molecule has 2 saturated carbocycles. The van der Waals surface area contributed by atoms with Crippen molar-refractivity contribution < 1.29 is 14.7 Å². The van der Waals surface area contributed by atoms with Crippen LogP contribution in [0.25, 0.3) is 0 Å². The smallest absolute Gasteiger partial charge is 0.229 e. The lowest BCUT2D eigenvalue weighted by molar-refractivity contribution is -0.154. The third-order valence-electron chi connectivity index (χ3n) is 15.7. The molecule has 6 fully saturated rings. The summed E-state index contributed by atoms with van der Waals surface area (Å²) in [5, 5.41) is 12.3. The maximum atomic E-state index is 14.1. The minimum atomic E-state index is -1.27. The molecule has 302 valence electrons. The van der Waals surface area contributed by atoms with E-state index in [0.717, 1.165) is 141 Å². The van der Waals surface area contributed by atoms with E-state index in [2.05, 4.69) is 55.4 Å². The first kappa shape index (κ1) is 39.3. The molecule has 4 aliphatic carbocycles. The maximum Gasteiger partial charge on any atom is 0.229 e. The van der Waals surface area contributed by atoms with Crippen molar-refractivity contribution in [1.29, 1.82) is 0 Å². The number of ketones is 2. The SMILES string of the molecule is C[C@]12CCC(=O)C=C1CC[C@@H]1C2=CC[C@@]2(C)[C@H]1CC[C@]2(O)C(=O)CN1CCN(CCN2CCN(c3cc(N4CCCC4)nc(N4CCCC4)n3)CC2)CC1.Cl. The molecule has 5 heterocycles. The Kier molecular flexibility index (Phi) is 11.2. The quantitative estimate of drug-likeness (QED) is 0.357. The predicted molar refractivity (Wildman–Crippen MR) is 220 cm³/mol. The van der Waals surface area contributed by atoms with Gasteiger partial charge in [-0.05, 0) is 82.1 Å². The Hall–Kier alpha value is -2.57. The molecule has 1 aromatic heterocycles. The van der Waals surface area contributed by atoms with Gasteiger partial charge in [0.2, 0.25) is 5.95 Å². The number of Topliss-reactive ketones (excluding diaryl/α,β-unsaturated/α-hetero) is 1. The van der Waals surface area contributed by atoms with Crippen LogP contribution in [0.1, 0.15) is 84.5 Å². The molecule has 8 aliphatic rings. The van der Waals surface area contributed by atoms with Gasteiger partial charge >= 0.3 is 0 Å². The van der Waals surface area contributed by atoms with Gasteiger partial charge in [0.15, 0.2) is 11.6 Å². The molecule has 0 unspecified atom stereocenters. The fourth-order valence-electron chi connectivity index (χ4n) is 12.1. The Morgan fingerprint density at radius 2 is 1.35 bits per heavy atom. The molecule has 0 radical (unpaired) electrons. The van der Waals surface area contributed by atoms with Crippen LogP contribution in [0.2, 0.25) is 0 Å². The van der Waals surface area contributed by atoms with Gasteiger partial charge in [0, 0.05) is 115 Å². The number of carbonyl (C=O) groups is 2. The normalized spacial score (nSPS) is 34.5. The van der Waals surface area contributed by atoms with E-state index in [1.807, 2.05) is 6.08 Å². The van der Waals surface area contributed by atoms with Crippen LogP contribution in [-0.4, -0.2) is 145 Å². The zero-order valence-electron chi connectivity index (χ0n) is 33.5. The van der Waals surface area contributed by atoms with Gasteiger partial charge in [-0.15, -0.1) is 12.4 Å². The number of aromatic nitrogens is 2. The number of rotatable bonds is 9. The zero-order valence-corrected chi connectivity index (χ0v) is 34.3. The summed E-state index contributed by atoms with van der Waals surface area (Å²) in [6, 6.07) is 2.24. The fraction of sp³-hybridized carbons (Fsp3) is 0.767. The first-order chi connectivity index (χ1) is 26.1. The van der Waals surface area contributed by atoms with E-state index in [4.69, 9.17) is 9.97 Å². The minimum Gasteiger partial charge on any atom is -0.381 e. The van der Waals surface area contributed by atoms with Gasteiger partial charge in [0.05, 0.1) is 6.54 Å². The van der Waals surface area contributed by atoms with Crippen molar-refractivity contribution in [2.45, 2.75) is 90.1 Å². The Balaban J connectivity index is 0.00000427. The summed E-state index contributed by atoms with van der Waals surface area (Å²) in [7, 11) is 0. The molecule has 1 N–H and O–H groups in total. The van der Waals surface area contributed by atoms with Crippen molar-refractivity contribution >= 4 is 41.6 Å². The molecule has 0 aromatic carbocycles. The van der Waals surface area contributed by atoms with E-state index in [1.54, 1.807) is 0 Å². The molecule has 0 amide bonds. The van der Waals surface area contributed by atoms with Gasteiger partial charge in [-0.1, -0.05) is 31.1 Å². The minimum absolute atomic E-state index is 0. The lowest BCUT2D eigenvalue weighted by Gasteiger charge is -2.54. The van der Waals surface area contributed by atoms with E-state index < -0.39 is 11.0 Å². The van der Waals surface area contributed by atoms with Gasteiger partial charge in [0.25, 0.3) is 0 Å². The molecular formula is C43H65ClN8O3. The number of aliphatic hydroxyl groups is 1. The first-order valence-corrected chi connectivity index (χ1v) is 21.6. The van der Waals surface area contributed by atoms with Gasteiger partial charge < -0.3 is 19.8 Å². The highest BCUT2D eigenvalue weighted by atomic mass is 35.5. The molecule has 9 rings (SSSR count). The molecular weight excluding hydrogens is 712 g/mol. The van der Waals surface area contributed by atoms with Crippen LogP contribution in [0.3, 0.4) is 0 Å². The van der Waals surface area contributed by atoms with E-state index in [9.17, 15) is 14.7 Å². The largest absolute Gasteiger partial charge is 0.381 e. The highest BCUT2D eigenvalue weighted by Crippen LogP contribution is 2.65. The second-order valence-electron chi connectivity index (χ2n) is 18.5. The number of piperazine rings is 2. The van der Waals surface area contributed by atoms with Gasteiger partial charge in [0.1, 0.15) is 17.2 Å². The standard InChI is InChI=1S/C43H64N8O3.ClH/c1-41-12-9-33(52)29-32(41)7-8-34-35(41)10-13-42(2)36(34)11-14-43(42,54)37(53)31-48-23-21-46(22-24-48)19-20-47-25-27-50(28-26-47)39-30-38(49-15-3-4-16-49)44-40(45-39)51-17-5-6-18-51;/h10,29-30,34,36,54H,3-9,11-28,31H2,1-2H3;1H/t34-,36+,41+,42+,43+;/m1./s1. The Bertz CT molecular complexity index is 1630. The highest BCUT2D eigenvalue weighted by molar-refractivity contribution is 5.92. The molecule has 1 aromatic rings. The number of anilines is 3. The number of hydrogen-bond acceptors (Lipinski definition) is 11. The number of carbonyl (C=O) groups excluding carboxylic acids is 2. The number of allylic oxidation sites excluding steroid dienone is 4. The lowest BCUT2D eigenvalue weighted by Crippen LogP contribution is -2.58. The summed E-state index contributed by atoms with van der Waals surface area (Å²) in [6.45, 7) is 19.1. The second-order valence-corrected chi connectivity index (χ2v) is 18.5. The van der Waals surface area contributed by atoms with Gasteiger partial charge in [-0.2, -0.15) is 9.97 Å². The monoisotopic (exact) mass is 776 g/mol. The van der Waals surface area contributed by atoms with Crippen molar-refractivity contribution in [2.24, 2.45) is 22.7 Å². The van der Waals surface area contributed by atoms with Crippen molar-refractivity contribution in [2.75, 3.05) is 113 Å². The third-order valence-corrected chi connectivity index (χ3v) is 15.7. The molecule has 12 heteroatoms. The molecule has 4 aliphatic heterocycles. The number of fused-ring (bicyclic) bond motifs is 5. The van der Waals surface area contributed by atoms with Gasteiger partial charge in [-0.25, -0.2) is 0 Å². The Morgan fingerprint density at radius 1 is 0.764 bits per heavy atom. The average molecular weight is 777 g/mol. The molecule has 11 nitrogen and oxygen atoms in total. The number of hydrogen-bond donors (Lipinski definition) is 1. The molecule has 0 bridgehead atoms. The summed E-state index contributed by atoms with van der Waals surface area (Å²) in [5.41, 5.74) is 1.09. The Morgan fingerprint density at radius 3 is 2.00 bits per heavy atom. The number of nitrogens with zero attached hydrogens (tertiary/aromatic N) is 8. The summed E-state index contributed by atoms with van der Waals surface area (Å²) in [6.07, 6.45) is 15.0. The van der Waals surface area contributed by atoms with Gasteiger partial charge in [-0.3, -0.25) is 24.3 Å². The van der Waals surface area contributed by atoms with Crippen LogP contribution < -0.4 is 14.7 Å². The van der Waals surface area contributed by atoms with Crippen LogP contribution in [0.5, 0.6) is 0 Å². The van der Waals surface area contributed by atoms with Crippen molar-refractivity contribution in [3.8, 4) is 0 Å². The predicted octanol–water partition coefficient (Wildman–Crippen LogP) is 4.59.